The molecule has 10 heteroatoms. The first-order valence-electron chi connectivity index (χ1n) is 16.2. The van der Waals surface area contributed by atoms with Crippen molar-refractivity contribution in [2.24, 2.45) is 0 Å². The van der Waals surface area contributed by atoms with E-state index in [4.69, 9.17) is 9.47 Å². The molecule has 2 rings (SSSR count). The molecule has 0 fully saturated rings. The molecule has 2 unspecified atom stereocenters. The highest BCUT2D eigenvalue weighted by Gasteiger charge is 2.35. The molecule has 10 nitrogen and oxygen atoms in total. The fourth-order valence-electron chi connectivity index (χ4n) is 4.82. The molecular formula is C36H53N3O7. The van der Waals surface area contributed by atoms with Gasteiger partial charge in [-0.2, -0.15) is 0 Å². The van der Waals surface area contributed by atoms with Gasteiger partial charge in [-0.3, -0.25) is 9.59 Å². The zero-order valence-corrected chi connectivity index (χ0v) is 28.6. The zero-order chi connectivity index (χ0) is 34.3. The maximum atomic E-state index is 14.3. The minimum atomic E-state index is -1.16. The van der Waals surface area contributed by atoms with Gasteiger partial charge in [0, 0.05) is 13.0 Å². The fourth-order valence-corrected chi connectivity index (χ4v) is 4.82. The van der Waals surface area contributed by atoms with Gasteiger partial charge in [-0.05, 0) is 71.2 Å². The molecule has 0 aliphatic rings. The molecule has 0 aromatic heterocycles. The summed E-state index contributed by atoms with van der Waals surface area (Å²) in [5, 5.41) is 15.4. The third kappa shape index (κ3) is 14.3. The van der Waals surface area contributed by atoms with Gasteiger partial charge in [0.05, 0.1) is 0 Å². The van der Waals surface area contributed by atoms with Crippen molar-refractivity contribution in [1.82, 2.24) is 15.5 Å². The van der Waals surface area contributed by atoms with E-state index in [9.17, 15) is 24.3 Å². The predicted octanol–water partition coefficient (Wildman–Crippen LogP) is 6.22. The third-order valence-electron chi connectivity index (χ3n) is 6.92. The molecule has 0 saturated carbocycles. The maximum Gasteiger partial charge on any atom is 0.408 e. The molecular weight excluding hydrogens is 586 g/mol. The summed E-state index contributed by atoms with van der Waals surface area (Å²) in [6.45, 7) is 12.4. The first-order valence-corrected chi connectivity index (χ1v) is 16.2. The molecule has 254 valence electrons. The van der Waals surface area contributed by atoms with Crippen LogP contribution in [-0.4, -0.2) is 64.2 Å². The van der Waals surface area contributed by atoms with Crippen LogP contribution in [0.25, 0.3) is 0 Å². The van der Waals surface area contributed by atoms with Crippen molar-refractivity contribution in [2.75, 3.05) is 13.1 Å². The van der Waals surface area contributed by atoms with E-state index < -0.39 is 53.7 Å². The molecule has 0 aliphatic carbocycles. The smallest absolute Gasteiger partial charge is 0.408 e. The van der Waals surface area contributed by atoms with Crippen molar-refractivity contribution in [3.05, 3.63) is 65.7 Å². The molecule has 2 aromatic rings. The lowest BCUT2D eigenvalue weighted by atomic mass is 10.0. The number of unbranched alkanes of at least 4 members (excludes halogenated alkanes) is 5. The first kappa shape index (κ1) is 38.1. The number of hydrogen-bond acceptors (Lipinski definition) is 7. The lowest BCUT2D eigenvalue weighted by Gasteiger charge is -2.33. The highest BCUT2D eigenvalue weighted by molar-refractivity contribution is 5.92. The molecule has 2 aromatic carbocycles. The van der Waals surface area contributed by atoms with Gasteiger partial charge in [0.2, 0.25) is 11.8 Å². The number of phenolic OH excluding ortho intramolecular Hbond substituents is 1. The van der Waals surface area contributed by atoms with Crippen molar-refractivity contribution >= 4 is 23.9 Å². The predicted molar refractivity (Wildman–Crippen MR) is 178 cm³/mol. The Kier molecular flexibility index (Phi) is 15.0. The number of carbonyl (C=O) groups excluding carboxylic acids is 4. The van der Waals surface area contributed by atoms with Crippen LogP contribution in [0.1, 0.15) is 104 Å². The molecule has 0 heterocycles. The molecule has 3 N–H and O–H groups in total. The quantitative estimate of drug-likeness (QED) is 0.147. The van der Waals surface area contributed by atoms with Crippen molar-refractivity contribution in [3.8, 4) is 5.75 Å². The maximum absolute atomic E-state index is 14.3. The number of rotatable bonds is 16. The van der Waals surface area contributed by atoms with Gasteiger partial charge in [-0.25, -0.2) is 9.59 Å². The van der Waals surface area contributed by atoms with Crippen LogP contribution in [0.4, 0.5) is 4.79 Å². The molecule has 0 radical (unpaired) electrons. The molecule has 0 bridgehead atoms. The monoisotopic (exact) mass is 639 g/mol. The van der Waals surface area contributed by atoms with E-state index in [1.807, 2.05) is 30.3 Å². The summed E-state index contributed by atoms with van der Waals surface area (Å²) < 4.78 is 11.0. The first-order chi connectivity index (χ1) is 21.6. The number of esters is 1. The standard InChI is InChI=1S/C36H53N3O7/c1-8-9-10-11-12-16-23-39(30(41)25-37-34(44)46-36(5,6)7)31(27-19-21-28(40)22-20-27)32(42)38-29(33(43)45-35(2,3)4)24-26-17-14-13-15-18-26/h13-15,17-22,29,31,40H,8-12,16,23-25H2,1-7H3,(H,37,44)(H,38,42). The van der Waals surface area contributed by atoms with Gasteiger partial charge in [0.1, 0.15) is 35.6 Å². The topological polar surface area (TPSA) is 134 Å². The molecule has 0 spiro atoms. The summed E-state index contributed by atoms with van der Waals surface area (Å²) in [5.41, 5.74) is -0.286. The normalized spacial score (nSPS) is 12.8. The second kappa shape index (κ2) is 18.2. The van der Waals surface area contributed by atoms with Gasteiger partial charge >= 0.3 is 12.1 Å². The number of alkyl carbamates (subject to hydrolysis) is 1. The average Bonchev–Trinajstić information content (AvgIpc) is 2.96. The number of ether oxygens (including phenoxy) is 2. The van der Waals surface area contributed by atoms with Gasteiger partial charge in [-0.1, -0.05) is 81.5 Å². The Bertz CT molecular complexity index is 1250. The van der Waals surface area contributed by atoms with Gasteiger partial charge in [0.15, 0.2) is 0 Å². The van der Waals surface area contributed by atoms with Gasteiger partial charge in [0.25, 0.3) is 0 Å². The number of carbonyl (C=O) groups is 4. The molecule has 46 heavy (non-hydrogen) atoms. The molecule has 3 amide bonds. The van der Waals surface area contributed by atoms with Crippen molar-refractivity contribution < 1.29 is 33.8 Å². The second-order valence-corrected chi connectivity index (χ2v) is 13.5. The van der Waals surface area contributed by atoms with Crippen LogP contribution in [0, 0.1) is 0 Å². The summed E-state index contributed by atoms with van der Waals surface area (Å²) in [7, 11) is 0. The van der Waals surface area contributed by atoms with E-state index in [0.717, 1.165) is 37.7 Å². The minimum absolute atomic E-state index is 0.000916. The van der Waals surface area contributed by atoms with Crippen molar-refractivity contribution in [3.63, 3.8) is 0 Å². The number of nitrogens with zero attached hydrogens (tertiary/aromatic N) is 1. The fraction of sp³-hybridized carbons (Fsp3) is 0.556. The van der Waals surface area contributed by atoms with E-state index in [2.05, 4.69) is 17.6 Å². The summed E-state index contributed by atoms with van der Waals surface area (Å²) in [5.74, 6) is -1.69. The van der Waals surface area contributed by atoms with E-state index in [0.29, 0.717) is 12.0 Å². The zero-order valence-electron chi connectivity index (χ0n) is 28.6. The van der Waals surface area contributed by atoms with Crippen LogP contribution in [0.15, 0.2) is 54.6 Å². The van der Waals surface area contributed by atoms with E-state index in [-0.39, 0.29) is 18.7 Å². The van der Waals surface area contributed by atoms with E-state index in [1.54, 1.807) is 53.7 Å². The number of benzene rings is 2. The Balaban J connectivity index is 2.45. The van der Waals surface area contributed by atoms with E-state index in [1.165, 1.54) is 17.0 Å². The number of amides is 3. The van der Waals surface area contributed by atoms with E-state index >= 15 is 0 Å². The van der Waals surface area contributed by atoms with Gasteiger partial charge < -0.3 is 30.1 Å². The van der Waals surface area contributed by atoms with Crippen LogP contribution >= 0.6 is 0 Å². The summed E-state index contributed by atoms with van der Waals surface area (Å²) in [4.78, 5) is 55.3. The second-order valence-electron chi connectivity index (χ2n) is 13.5. The van der Waals surface area contributed by atoms with Crippen LogP contribution in [0.2, 0.25) is 0 Å². The number of nitrogens with one attached hydrogen (secondary N) is 2. The Morgan fingerprint density at radius 2 is 1.39 bits per heavy atom. The molecule has 2 atom stereocenters. The lowest BCUT2D eigenvalue weighted by Crippen LogP contribution is -2.52. The van der Waals surface area contributed by atoms with Crippen LogP contribution in [-0.2, 0) is 30.3 Å². The Morgan fingerprint density at radius 1 is 0.804 bits per heavy atom. The summed E-state index contributed by atoms with van der Waals surface area (Å²) >= 11 is 0. The van der Waals surface area contributed by atoms with Crippen LogP contribution in [0.5, 0.6) is 5.75 Å². The summed E-state index contributed by atoms with van der Waals surface area (Å²) in [6.07, 6.45) is 5.18. The Labute approximate surface area is 274 Å². The SMILES string of the molecule is CCCCCCCCN(C(=O)CNC(=O)OC(C)(C)C)C(C(=O)NC(Cc1ccccc1)C(=O)OC(C)(C)C)c1ccc(O)cc1. The average molecular weight is 640 g/mol. The number of phenols is 1. The highest BCUT2D eigenvalue weighted by Crippen LogP contribution is 2.25. The third-order valence-corrected chi connectivity index (χ3v) is 6.92. The largest absolute Gasteiger partial charge is 0.508 e. The lowest BCUT2D eigenvalue weighted by molar-refractivity contribution is -0.159. The minimum Gasteiger partial charge on any atom is -0.508 e. The molecule has 0 saturated heterocycles. The van der Waals surface area contributed by atoms with Crippen LogP contribution < -0.4 is 10.6 Å². The number of aromatic hydroxyl groups is 1. The molecule has 0 aliphatic heterocycles. The highest BCUT2D eigenvalue weighted by atomic mass is 16.6. The van der Waals surface area contributed by atoms with Crippen LogP contribution in [0.3, 0.4) is 0 Å². The Morgan fingerprint density at radius 3 is 1.98 bits per heavy atom. The number of hydrogen-bond donors (Lipinski definition) is 3. The van der Waals surface area contributed by atoms with Crippen molar-refractivity contribution in [1.29, 1.82) is 0 Å². The van der Waals surface area contributed by atoms with Gasteiger partial charge in [-0.15, -0.1) is 0 Å². The Hall–Kier alpha value is -4.08. The van der Waals surface area contributed by atoms with Crippen molar-refractivity contribution in [2.45, 2.75) is 117 Å². The summed E-state index contributed by atoms with van der Waals surface area (Å²) in [6, 6.07) is 13.1.